The van der Waals surface area contributed by atoms with E-state index in [0.29, 0.717) is 5.82 Å². The van der Waals surface area contributed by atoms with Gasteiger partial charge in [-0.3, -0.25) is 4.98 Å². The molecule has 2 N–H and O–H groups in total. The van der Waals surface area contributed by atoms with Gasteiger partial charge in [0.2, 0.25) is 10.0 Å². The van der Waals surface area contributed by atoms with Gasteiger partial charge in [-0.15, -0.1) is 0 Å². The van der Waals surface area contributed by atoms with Gasteiger partial charge in [-0.1, -0.05) is 28.1 Å². The predicted octanol–water partition coefficient (Wildman–Crippen LogP) is 3.27. The highest BCUT2D eigenvalue weighted by Gasteiger charge is 2.20. The second-order valence-electron chi connectivity index (χ2n) is 5.22. The van der Waals surface area contributed by atoms with Gasteiger partial charge in [0.25, 0.3) is 0 Å². The summed E-state index contributed by atoms with van der Waals surface area (Å²) in [5.41, 5.74) is 1.80. The minimum Gasteiger partial charge on any atom is -0.341 e. The van der Waals surface area contributed by atoms with Crippen LogP contribution in [0.1, 0.15) is 18.8 Å². The van der Waals surface area contributed by atoms with Gasteiger partial charge >= 0.3 is 0 Å². The number of imidazole rings is 1. The van der Waals surface area contributed by atoms with Crippen molar-refractivity contribution in [3.8, 4) is 11.3 Å². The van der Waals surface area contributed by atoms with Gasteiger partial charge in [-0.05, 0) is 36.8 Å². The number of sulfonamides is 1. The van der Waals surface area contributed by atoms with Gasteiger partial charge in [-0.2, -0.15) is 0 Å². The lowest BCUT2D eigenvalue weighted by Crippen LogP contribution is -2.27. The lowest BCUT2D eigenvalue weighted by molar-refractivity contribution is 0.561. The first-order valence-electron chi connectivity index (χ1n) is 7.19. The van der Waals surface area contributed by atoms with Gasteiger partial charge in [0.1, 0.15) is 10.7 Å². The minimum atomic E-state index is -3.65. The average Bonchev–Trinajstić information content (AvgIpc) is 3.06. The zero-order valence-corrected chi connectivity index (χ0v) is 15.2. The number of aromatic nitrogens is 3. The fourth-order valence-corrected chi connectivity index (χ4v) is 3.63. The van der Waals surface area contributed by atoms with Crippen LogP contribution >= 0.6 is 15.9 Å². The number of halogens is 1. The smallest absolute Gasteiger partial charge is 0.242 e. The summed E-state index contributed by atoms with van der Waals surface area (Å²) in [6, 6.07) is 10.3. The number of H-pyrrole nitrogens is 1. The first-order chi connectivity index (χ1) is 11.5. The molecular weight excluding hydrogens is 392 g/mol. The molecule has 0 aliphatic rings. The van der Waals surface area contributed by atoms with Crippen LogP contribution in [0.4, 0.5) is 0 Å². The lowest BCUT2D eigenvalue weighted by Gasteiger charge is -2.11. The number of nitrogens with one attached hydrogen (secondary N) is 2. The Morgan fingerprint density at radius 2 is 1.92 bits per heavy atom. The highest BCUT2D eigenvalue weighted by Crippen LogP contribution is 2.22. The third-order valence-corrected chi connectivity index (χ3v) is 5.49. The second-order valence-corrected chi connectivity index (χ2v) is 7.85. The van der Waals surface area contributed by atoms with Gasteiger partial charge in [-0.25, -0.2) is 18.1 Å². The lowest BCUT2D eigenvalue weighted by atomic mass is 10.2. The van der Waals surface area contributed by atoms with Crippen LogP contribution in [0.3, 0.4) is 0 Å². The molecule has 124 valence electrons. The number of benzene rings is 1. The van der Waals surface area contributed by atoms with Crippen LogP contribution in [-0.2, 0) is 10.0 Å². The van der Waals surface area contributed by atoms with E-state index in [1.807, 2.05) is 24.3 Å². The quantitative estimate of drug-likeness (QED) is 0.680. The maximum absolute atomic E-state index is 12.3. The van der Waals surface area contributed by atoms with E-state index in [1.54, 1.807) is 19.2 Å². The number of rotatable bonds is 5. The Morgan fingerprint density at radius 3 is 2.58 bits per heavy atom. The minimum absolute atomic E-state index is 0.122. The molecule has 8 heteroatoms. The van der Waals surface area contributed by atoms with Gasteiger partial charge in [0.05, 0.1) is 17.9 Å². The zero-order chi connectivity index (χ0) is 17.2. The number of hydrogen-bond donors (Lipinski definition) is 2. The Morgan fingerprint density at radius 1 is 1.17 bits per heavy atom. The highest BCUT2D eigenvalue weighted by molar-refractivity contribution is 9.10. The highest BCUT2D eigenvalue weighted by atomic mass is 79.9. The summed E-state index contributed by atoms with van der Waals surface area (Å²) in [6.45, 7) is 1.73. The second kappa shape index (κ2) is 6.84. The summed E-state index contributed by atoms with van der Waals surface area (Å²) >= 11 is 3.39. The van der Waals surface area contributed by atoms with Crippen molar-refractivity contribution < 1.29 is 8.42 Å². The molecule has 0 saturated carbocycles. The van der Waals surface area contributed by atoms with Crippen LogP contribution < -0.4 is 4.72 Å². The van der Waals surface area contributed by atoms with Crippen molar-refractivity contribution >= 4 is 26.0 Å². The van der Waals surface area contributed by atoms with E-state index < -0.39 is 16.1 Å². The Balaban J connectivity index is 1.79. The molecule has 0 aliphatic carbocycles. The number of nitrogens with zero attached hydrogens (tertiary/aromatic N) is 2. The molecule has 2 aromatic heterocycles. The van der Waals surface area contributed by atoms with Crippen molar-refractivity contribution in [2.75, 3.05) is 0 Å². The third-order valence-electron chi connectivity index (χ3n) is 3.44. The molecule has 6 nitrogen and oxygen atoms in total. The third kappa shape index (κ3) is 3.72. The van der Waals surface area contributed by atoms with Gasteiger partial charge in [0.15, 0.2) is 0 Å². The van der Waals surface area contributed by atoms with Crippen molar-refractivity contribution in [1.82, 2.24) is 19.7 Å². The fourth-order valence-electron chi connectivity index (χ4n) is 2.20. The van der Waals surface area contributed by atoms with Crippen molar-refractivity contribution in [1.29, 1.82) is 0 Å². The van der Waals surface area contributed by atoms with Crippen LogP contribution in [0.25, 0.3) is 11.3 Å². The summed E-state index contributed by atoms with van der Waals surface area (Å²) in [7, 11) is -3.65. The fraction of sp³-hybridized carbons (Fsp3) is 0.125. The van der Waals surface area contributed by atoms with Gasteiger partial charge in [0, 0.05) is 16.9 Å². The Labute approximate surface area is 148 Å². The molecule has 0 spiro atoms. The molecule has 1 unspecified atom stereocenters. The Bertz CT molecular complexity index is 924. The molecule has 0 bridgehead atoms. The molecule has 0 saturated heterocycles. The number of aromatic amines is 1. The molecule has 24 heavy (non-hydrogen) atoms. The summed E-state index contributed by atoms with van der Waals surface area (Å²) in [5, 5.41) is 0. The van der Waals surface area contributed by atoms with Crippen LogP contribution in [0.2, 0.25) is 0 Å². The molecule has 0 aliphatic heterocycles. The van der Waals surface area contributed by atoms with Crippen LogP contribution in [0.15, 0.2) is 64.4 Å². The van der Waals surface area contributed by atoms with E-state index in [9.17, 15) is 8.42 Å². The van der Waals surface area contributed by atoms with Crippen molar-refractivity contribution in [3.63, 3.8) is 0 Å². The molecule has 2 heterocycles. The Hall–Kier alpha value is -2.03. The van der Waals surface area contributed by atoms with E-state index in [4.69, 9.17) is 0 Å². The van der Waals surface area contributed by atoms with Crippen LogP contribution in [0, 0.1) is 0 Å². The SMILES string of the molecule is CC(NS(=O)(=O)c1cccnc1)c1ncc(-c2ccc(Br)cc2)[nH]1. The van der Waals surface area contributed by atoms with Crippen molar-refractivity contribution in [2.45, 2.75) is 17.9 Å². The standard InChI is InChI=1S/C16H15BrN4O2S/c1-11(21-24(22,23)14-3-2-8-18-9-14)16-19-10-15(20-16)12-4-6-13(17)7-5-12/h2-11,21H,1H3,(H,19,20). The van der Waals surface area contributed by atoms with Crippen LogP contribution in [-0.4, -0.2) is 23.4 Å². The summed E-state index contributed by atoms with van der Waals surface area (Å²) < 4.78 is 28.2. The summed E-state index contributed by atoms with van der Waals surface area (Å²) in [5.74, 6) is 0.542. The van der Waals surface area contributed by atoms with Gasteiger partial charge < -0.3 is 4.98 Å². The zero-order valence-electron chi connectivity index (χ0n) is 12.8. The van der Waals surface area contributed by atoms with E-state index >= 15 is 0 Å². The largest absolute Gasteiger partial charge is 0.341 e. The molecule has 0 fully saturated rings. The number of hydrogen-bond acceptors (Lipinski definition) is 4. The predicted molar refractivity (Wildman–Crippen MR) is 94.7 cm³/mol. The average molecular weight is 407 g/mol. The van der Waals surface area contributed by atoms with Crippen molar-refractivity contribution in [2.24, 2.45) is 0 Å². The molecule has 3 aromatic rings. The summed E-state index contributed by atoms with van der Waals surface area (Å²) in [4.78, 5) is 11.4. The van der Waals surface area contributed by atoms with E-state index in [2.05, 4.69) is 35.6 Å². The number of pyridine rings is 1. The van der Waals surface area contributed by atoms with E-state index in [-0.39, 0.29) is 4.90 Å². The van der Waals surface area contributed by atoms with Crippen LogP contribution in [0.5, 0.6) is 0 Å². The first-order valence-corrected chi connectivity index (χ1v) is 9.46. The maximum Gasteiger partial charge on any atom is 0.242 e. The van der Waals surface area contributed by atoms with E-state index in [0.717, 1.165) is 15.7 Å². The Kier molecular flexibility index (Phi) is 4.79. The van der Waals surface area contributed by atoms with E-state index in [1.165, 1.54) is 18.5 Å². The molecule has 0 amide bonds. The monoisotopic (exact) mass is 406 g/mol. The normalized spacial score (nSPS) is 12.9. The molecule has 3 rings (SSSR count). The van der Waals surface area contributed by atoms with Crippen molar-refractivity contribution in [3.05, 3.63) is 65.3 Å². The molecule has 1 aromatic carbocycles. The molecule has 0 radical (unpaired) electrons. The maximum atomic E-state index is 12.3. The molecule has 1 atom stereocenters. The first kappa shape index (κ1) is 16.8. The topological polar surface area (TPSA) is 87.7 Å². The molecular formula is C16H15BrN4O2S. The summed E-state index contributed by atoms with van der Waals surface area (Å²) in [6.07, 6.45) is 4.53.